The highest BCUT2D eigenvalue weighted by Crippen LogP contribution is 2.06. The zero-order chi connectivity index (χ0) is 12.9. The molecule has 0 aliphatic carbocycles. The van der Waals surface area contributed by atoms with Gasteiger partial charge in [0.1, 0.15) is 0 Å². The second-order valence-corrected chi connectivity index (χ2v) is 6.47. The summed E-state index contributed by atoms with van der Waals surface area (Å²) in [6.07, 6.45) is 0. The molecule has 1 rings (SSSR count). The van der Waals surface area contributed by atoms with Gasteiger partial charge in [0.05, 0.1) is 0 Å². The topological polar surface area (TPSA) is 18.5 Å². The monoisotopic (exact) mass is 241 g/mol. The van der Waals surface area contributed by atoms with Crippen LogP contribution in [0.4, 0.5) is 0 Å². The minimum absolute atomic E-state index is 0.245. The van der Waals surface area contributed by atoms with Crippen molar-refractivity contribution in [2.45, 2.75) is 40.2 Å². The van der Waals surface area contributed by atoms with Gasteiger partial charge in [0.25, 0.3) is 0 Å². The van der Waals surface area contributed by atoms with E-state index >= 15 is 0 Å². The van der Waals surface area contributed by atoms with Crippen molar-refractivity contribution in [2.24, 2.45) is 5.92 Å². The fourth-order valence-corrected chi connectivity index (χ4v) is 2.27. The summed E-state index contributed by atoms with van der Waals surface area (Å²) in [5.74, 6) is 0.738. The lowest BCUT2D eigenvalue weighted by atomic mass is 10.1. The van der Waals surface area contributed by atoms with Gasteiger partial charge >= 0.3 is 0 Å². The summed E-state index contributed by atoms with van der Waals surface area (Å²) in [6.45, 7) is 19.9. The lowest BCUT2D eigenvalue weighted by molar-refractivity contribution is 0.122. The fraction of sp³-hybridized carbons (Fsp3) is 1.00. The number of likely N-dealkylation sites (N-methyl/N-ethyl adjacent to an activating group) is 1. The van der Waals surface area contributed by atoms with Gasteiger partial charge in [0.2, 0.25) is 0 Å². The molecule has 0 amide bonds. The Balaban J connectivity index is 2.17. The van der Waals surface area contributed by atoms with Crippen LogP contribution in [0.5, 0.6) is 0 Å². The number of nitrogens with one attached hydrogen (secondary N) is 1. The van der Waals surface area contributed by atoms with Crippen LogP contribution in [0.1, 0.15) is 34.6 Å². The summed E-state index contributed by atoms with van der Waals surface area (Å²) in [4.78, 5) is 5.15. The molecule has 0 spiro atoms. The fourth-order valence-electron chi connectivity index (χ4n) is 2.27. The Hall–Kier alpha value is -0.120. The minimum atomic E-state index is 0.245. The molecule has 0 saturated carbocycles. The summed E-state index contributed by atoms with van der Waals surface area (Å²) in [5.41, 5.74) is 0.245. The van der Waals surface area contributed by atoms with Crippen molar-refractivity contribution in [2.75, 3.05) is 45.8 Å². The molecule has 1 saturated heterocycles. The molecule has 1 fully saturated rings. The van der Waals surface area contributed by atoms with E-state index in [1.165, 1.54) is 39.3 Å². The summed E-state index contributed by atoms with van der Waals surface area (Å²) in [6, 6.07) is 0. The van der Waals surface area contributed by atoms with Gasteiger partial charge in [-0.1, -0.05) is 13.8 Å². The lowest BCUT2D eigenvalue weighted by Gasteiger charge is -2.35. The van der Waals surface area contributed by atoms with Crippen LogP contribution >= 0.6 is 0 Å². The first kappa shape index (κ1) is 14.9. The summed E-state index contributed by atoms with van der Waals surface area (Å²) < 4.78 is 0. The van der Waals surface area contributed by atoms with Crippen molar-refractivity contribution in [3.63, 3.8) is 0 Å². The largest absolute Gasteiger partial charge is 0.312 e. The predicted molar refractivity (Wildman–Crippen MR) is 75.5 cm³/mol. The van der Waals surface area contributed by atoms with E-state index < -0.39 is 0 Å². The Labute approximate surface area is 108 Å². The van der Waals surface area contributed by atoms with Crippen molar-refractivity contribution >= 4 is 0 Å². The third-order valence-corrected chi connectivity index (χ3v) is 3.46. The van der Waals surface area contributed by atoms with Crippen LogP contribution in [0, 0.1) is 5.92 Å². The quantitative estimate of drug-likeness (QED) is 0.789. The molecule has 0 aromatic heterocycles. The van der Waals surface area contributed by atoms with E-state index in [-0.39, 0.29) is 5.54 Å². The van der Waals surface area contributed by atoms with E-state index in [4.69, 9.17) is 0 Å². The standard InChI is InChI=1S/C14H31N3/c1-6-16-7-9-17(10-8-16)12-13(2)11-15-14(3,4)5/h13,15H,6-12H2,1-5H3. The number of hydrogen-bond donors (Lipinski definition) is 1. The average molecular weight is 241 g/mol. The van der Waals surface area contributed by atoms with Crippen molar-refractivity contribution in [1.29, 1.82) is 0 Å². The van der Waals surface area contributed by atoms with E-state index in [1.807, 2.05) is 0 Å². The SMILES string of the molecule is CCN1CCN(CC(C)CNC(C)(C)C)CC1. The Bertz CT molecular complexity index is 202. The highest BCUT2D eigenvalue weighted by atomic mass is 15.3. The first-order valence-corrected chi connectivity index (χ1v) is 7.10. The molecule has 1 unspecified atom stereocenters. The number of piperazine rings is 1. The van der Waals surface area contributed by atoms with Crippen LogP contribution < -0.4 is 5.32 Å². The molecule has 3 nitrogen and oxygen atoms in total. The summed E-state index contributed by atoms with van der Waals surface area (Å²) in [5, 5.41) is 3.59. The van der Waals surface area contributed by atoms with Gasteiger partial charge in [-0.3, -0.25) is 0 Å². The maximum absolute atomic E-state index is 3.59. The second kappa shape index (κ2) is 6.72. The van der Waals surface area contributed by atoms with Crippen molar-refractivity contribution < 1.29 is 0 Å². The van der Waals surface area contributed by atoms with Gasteiger partial charge in [-0.2, -0.15) is 0 Å². The highest BCUT2D eigenvalue weighted by molar-refractivity contribution is 4.76. The molecular formula is C14H31N3. The maximum atomic E-state index is 3.59. The predicted octanol–water partition coefficient (Wildman–Crippen LogP) is 1.65. The van der Waals surface area contributed by atoms with Crippen LogP contribution in [0.3, 0.4) is 0 Å². The molecule has 17 heavy (non-hydrogen) atoms. The first-order chi connectivity index (χ1) is 7.90. The van der Waals surface area contributed by atoms with Crippen molar-refractivity contribution in [1.82, 2.24) is 15.1 Å². The Morgan fingerprint density at radius 1 is 1.06 bits per heavy atom. The zero-order valence-electron chi connectivity index (χ0n) is 12.4. The molecule has 1 aliphatic rings. The normalized spacial score (nSPS) is 21.7. The number of hydrogen-bond acceptors (Lipinski definition) is 3. The molecular weight excluding hydrogens is 210 g/mol. The van der Waals surface area contributed by atoms with Gasteiger partial charge < -0.3 is 15.1 Å². The van der Waals surface area contributed by atoms with Gasteiger partial charge in [-0.05, 0) is 39.8 Å². The first-order valence-electron chi connectivity index (χ1n) is 7.10. The molecule has 1 N–H and O–H groups in total. The summed E-state index contributed by atoms with van der Waals surface area (Å²) >= 11 is 0. The zero-order valence-corrected chi connectivity index (χ0v) is 12.4. The Morgan fingerprint density at radius 2 is 1.59 bits per heavy atom. The maximum Gasteiger partial charge on any atom is 0.0110 e. The summed E-state index contributed by atoms with van der Waals surface area (Å²) in [7, 11) is 0. The van der Waals surface area contributed by atoms with Crippen LogP contribution in [0.2, 0.25) is 0 Å². The van der Waals surface area contributed by atoms with Crippen LogP contribution in [0.25, 0.3) is 0 Å². The van der Waals surface area contributed by atoms with Gasteiger partial charge in [0, 0.05) is 38.3 Å². The Kier molecular flexibility index (Phi) is 5.90. The van der Waals surface area contributed by atoms with E-state index in [1.54, 1.807) is 0 Å². The second-order valence-electron chi connectivity index (χ2n) is 6.47. The lowest BCUT2D eigenvalue weighted by Crippen LogP contribution is -2.48. The molecule has 0 bridgehead atoms. The average Bonchev–Trinajstić information content (AvgIpc) is 2.27. The molecule has 3 heteroatoms. The van der Waals surface area contributed by atoms with Crippen LogP contribution in [-0.4, -0.2) is 61.2 Å². The smallest absolute Gasteiger partial charge is 0.0110 e. The molecule has 1 heterocycles. The van der Waals surface area contributed by atoms with Gasteiger partial charge in [-0.15, -0.1) is 0 Å². The van der Waals surface area contributed by atoms with Crippen molar-refractivity contribution in [3.8, 4) is 0 Å². The minimum Gasteiger partial charge on any atom is -0.312 e. The van der Waals surface area contributed by atoms with E-state index in [0.29, 0.717) is 0 Å². The van der Waals surface area contributed by atoms with E-state index in [9.17, 15) is 0 Å². The molecule has 0 aromatic carbocycles. The molecule has 1 aliphatic heterocycles. The van der Waals surface area contributed by atoms with Crippen LogP contribution in [0.15, 0.2) is 0 Å². The third-order valence-electron chi connectivity index (χ3n) is 3.46. The van der Waals surface area contributed by atoms with E-state index in [0.717, 1.165) is 12.5 Å². The molecule has 1 atom stereocenters. The Morgan fingerprint density at radius 3 is 2.06 bits per heavy atom. The van der Waals surface area contributed by atoms with Gasteiger partial charge in [0.15, 0.2) is 0 Å². The van der Waals surface area contributed by atoms with Crippen molar-refractivity contribution in [3.05, 3.63) is 0 Å². The third kappa shape index (κ3) is 6.39. The van der Waals surface area contributed by atoms with Gasteiger partial charge in [-0.25, -0.2) is 0 Å². The highest BCUT2D eigenvalue weighted by Gasteiger charge is 2.18. The molecule has 0 aromatic rings. The number of nitrogens with zero attached hydrogens (tertiary/aromatic N) is 2. The molecule has 0 radical (unpaired) electrons. The van der Waals surface area contributed by atoms with Crippen LogP contribution in [-0.2, 0) is 0 Å². The molecule has 102 valence electrons. The van der Waals surface area contributed by atoms with E-state index in [2.05, 4.69) is 49.7 Å². The number of rotatable bonds is 5.